The number of hydrogen-bond donors (Lipinski definition) is 2. The second kappa shape index (κ2) is 7.04. The van der Waals surface area contributed by atoms with Crippen LogP contribution in [0.5, 0.6) is 0 Å². The summed E-state index contributed by atoms with van der Waals surface area (Å²) in [5, 5.41) is 11.1. The molecule has 0 aliphatic carbocycles. The van der Waals surface area contributed by atoms with Gasteiger partial charge in [-0.05, 0) is 25.0 Å². The van der Waals surface area contributed by atoms with Gasteiger partial charge in [0.1, 0.15) is 0 Å². The van der Waals surface area contributed by atoms with Gasteiger partial charge in [-0.3, -0.25) is 14.5 Å². The average molecular weight is 381 g/mol. The number of imide groups is 1. The first-order valence-electron chi connectivity index (χ1n) is 8.22. The number of carbonyl (C=O) groups excluding carboxylic acids is 2. The zero-order valence-corrected chi connectivity index (χ0v) is 14.7. The van der Waals surface area contributed by atoms with Gasteiger partial charge in [0.15, 0.2) is 0 Å². The predicted octanol–water partition coefficient (Wildman–Crippen LogP) is 0.344. The summed E-state index contributed by atoms with van der Waals surface area (Å²) in [5.74, 6) is -1.31. The Labute approximate surface area is 150 Å². The number of carbonyl (C=O) groups is 3. The number of nitrogens with one attached hydrogen (secondary N) is 1. The zero-order valence-electron chi connectivity index (χ0n) is 13.9. The van der Waals surface area contributed by atoms with Crippen LogP contribution in [0.1, 0.15) is 33.6 Å². The molecular weight excluding hydrogens is 362 g/mol. The molecule has 0 aromatic heterocycles. The molecule has 2 N–H and O–H groups in total. The van der Waals surface area contributed by atoms with Gasteiger partial charge in [-0.2, -0.15) is 0 Å². The van der Waals surface area contributed by atoms with Crippen LogP contribution in [0.3, 0.4) is 0 Å². The fourth-order valence-corrected chi connectivity index (χ4v) is 4.67. The molecule has 0 atom stereocenters. The van der Waals surface area contributed by atoms with E-state index in [1.165, 1.54) is 4.31 Å². The molecule has 1 aromatic rings. The summed E-state index contributed by atoms with van der Waals surface area (Å²) in [6.07, 6.45) is -0.353. The van der Waals surface area contributed by atoms with Gasteiger partial charge in [0.05, 0.1) is 16.9 Å². The molecule has 0 bridgehead atoms. The maximum absolute atomic E-state index is 12.5. The molecule has 2 aliphatic heterocycles. The Bertz CT molecular complexity index is 810. The maximum atomic E-state index is 12.5. The van der Waals surface area contributed by atoms with Crippen molar-refractivity contribution in [2.45, 2.75) is 18.9 Å². The van der Waals surface area contributed by atoms with Crippen LogP contribution in [-0.4, -0.2) is 72.1 Å². The first-order valence-corrected chi connectivity index (χ1v) is 9.83. The molecule has 0 saturated carbocycles. The lowest BCUT2D eigenvalue weighted by Gasteiger charge is -2.31. The fraction of sp³-hybridized carbons (Fsp3) is 0.438. The number of hydrogen-bond acceptors (Lipinski definition) is 5. The molecule has 2 heterocycles. The lowest BCUT2D eigenvalue weighted by atomic mass is 10.1. The van der Waals surface area contributed by atoms with Crippen LogP contribution in [0.4, 0.5) is 4.79 Å². The number of carboxylic acid groups (broad SMARTS) is 1. The van der Waals surface area contributed by atoms with Crippen molar-refractivity contribution in [3.05, 3.63) is 35.4 Å². The highest BCUT2D eigenvalue weighted by Gasteiger charge is 2.36. The Morgan fingerprint density at radius 1 is 1.12 bits per heavy atom. The van der Waals surface area contributed by atoms with Crippen LogP contribution in [-0.2, 0) is 10.0 Å². The van der Waals surface area contributed by atoms with E-state index in [0.29, 0.717) is 12.8 Å². The second-order valence-corrected chi connectivity index (χ2v) is 8.33. The van der Waals surface area contributed by atoms with Gasteiger partial charge in [0.2, 0.25) is 10.0 Å². The molecule has 1 aromatic carbocycles. The molecule has 140 valence electrons. The van der Waals surface area contributed by atoms with Gasteiger partial charge in [0, 0.05) is 25.7 Å². The predicted molar refractivity (Wildman–Crippen MR) is 91.4 cm³/mol. The van der Waals surface area contributed by atoms with Crippen molar-refractivity contribution in [3.8, 4) is 0 Å². The minimum atomic E-state index is -3.64. The molecule has 2 aliphatic rings. The molecule has 9 nitrogen and oxygen atoms in total. The lowest BCUT2D eigenvalue weighted by molar-refractivity contribution is 0.0663. The summed E-state index contributed by atoms with van der Waals surface area (Å²) in [6, 6.07) is 6.13. The van der Waals surface area contributed by atoms with E-state index in [1.54, 1.807) is 24.3 Å². The van der Waals surface area contributed by atoms with Crippen LogP contribution in [0.2, 0.25) is 0 Å². The van der Waals surface area contributed by atoms with Gasteiger partial charge in [-0.15, -0.1) is 0 Å². The van der Waals surface area contributed by atoms with Gasteiger partial charge in [-0.25, -0.2) is 17.5 Å². The maximum Gasteiger partial charge on any atom is 0.404 e. The molecule has 10 heteroatoms. The molecule has 3 rings (SSSR count). The molecule has 1 saturated heterocycles. The quantitative estimate of drug-likeness (QED) is 0.709. The van der Waals surface area contributed by atoms with E-state index in [2.05, 4.69) is 5.32 Å². The molecule has 26 heavy (non-hydrogen) atoms. The summed E-state index contributed by atoms with van der Waals surface area (Å²) in [7, 11) is -3.64. The first kappa shape index (κ1) is 18.3. The van der Waals surface area contributed by atoms with Crippen LogP contribution in [0, 0.1) is 0 Å². The van der Waals surface area contributed by atoms with Crippen molar-refractivity contribution in [2.24, 2.45) is 0 Å². The van der Waals surface area contributed by atoms with E-state index in [0.717, 1.165) is 4.90 Å². The SMILES string of the molecule is O=C(O)NC1CCN(S(=O)(=O)CCN2C(=O)c3ccccc3C2=O)CC1. The monoisotopic (exact) mass is 381 g/mol. The van der Waals surface area contributed by atoms with Gasteiger partial charge in [-0.1, -0.05) is 12.1 Å². The average Bonchev–Trinajstić information content (AvgIpc) is 2.84. The van der Waals surface area contributed by atoms with Crippen molar-refractivity contribution >= 4 is 27.9 Å². The van der Waals surface area contributed by atoms with Crippen molar-refractivity contribution in [3.63, 3.8) is 0 Å². The number of benzene rings is 1. The minimum Gasteiger partial charge on any atom is -0.465 e. The lowest BCUT2D eigenvalue weighted by Crippen LogP contribution is -2.48. The normalized spacial score (nSPS) is 18.8. The summed E-state index contributed by atoms with van der Waals surface area (Å²) in [6.45, 7) is 0.201. The number of piperidine rings is 1. The Kier molecular flexibility index (Phi) is 4.97. The number of sulfonamides is 1. The highest BCUT2D eigenvalue weighted by Crippen LogP contribution is 2.23. The first-order chi connectivity index (χ1) is 12.3. The molecule has 3 amide bonds. The summed E-state index contributed by atoms with van der Waals surface area (Å²) >= 11 is 0. The number of rotatable bonds is 5. The summed E-state index contributed by atoms with van der Waals surface area (Å²) < 4.78 is 26.3. The van der Waals surface area contributed by atoms with Crippen molar-refractivity contribution in [1.29, 1.82) is 0 Å². The van der Waals surface area contributed by atoms with Crippen molar-refractivity contribution < 1.29 is 27.9 Å². The third kappa shape index (κ3) is 3.56. The van der Waals surface area contributed by atoms with Crippen LogP contribution >= 0.6 is 0 Å². The Morgan fingerprint density at radius 2 is 1.65 bits per heavy atom. The highest BCUT2D eigenvalue weighted by atomic mass is 32.2. The van der Waals surface area contributed by atoms with Crippen LogP contribution < -0.4 is 5.32 Å². The van der Waals surface area contributed by atoms with E-state index < -0.39 is 27.9 Å². The van der Waals surface area contributed by atoms with E-state index in [9.17, 15) is 22.8 Å². The Hall–Kier alpha value is -2.46. The zero-order chi connectivity index (χ0) is 18.9. The second-order valence-electron chi connectivity index (χ2n) is 6.25. The standard InChI is InChI=1S/C16H19N3O6S/c20-14-12-3-1-2-4-13(12)15(21)19(14)9-10-26(24,25)18-7-5-11(6-8-18)17-16(22)23/h1-4,11,17H,5-10H2,(H,22,23). The molecule has 0 radical (unpaired) electrons. The molecular formula is C16H19N3O6S. The number of fused-ring (bicyclic) bond motifs is 1. The number of amides is 3. The molecule has 0 spiro atoms. The molecule has 1 fully saturated rings. The third-order valence-corrected chi connectivity index (χ3v) is 6.48. The smallest absolute Gasteiger partial charge is 0.404 e. The van der Waals surface area contributed by atoms with E-state index in [1.807, 2.05) is 0 Å². The molecule has 0 unspecified atom stereocenters. The van der Waals surface area contributed by atoms with E-state index in [-0.39, 0.29) is 42.6 Å². The van der Waals surface area contributed by atoms with Crippen LogP contribution in [0.15, 0.2) is 24.3 Å². The minimum absolute atomic E-state index is 0.204. The largest absolute Gasteiger partial charge is 0.465 e. The van der Waals surface area contributed by atoms with Crippen molar-refractivity contribution in [1.82, 2.24) is 14.5 Å². The van der Waals surface area contributed by atoms with Crippen LogP contribution in [0.25, 0.3) is 0 Å². The van der Waals surface area contributed by atoms with E-state index >= 15 is 0 Å². The topological polar surface area (TPSA) is 124 Å². The van der Waals surface area contributed by atoms with Gasteiger partial charge < -0.3 is 10.4 Å². The van der Waals surface area contributed by atoms with Gasteiger partial charge >= 0.3 is 6.09 Å². The fourth-order valence-electron chi connectivity index (χ4n) is 3.23. The Morgan fingerprint density at radius 3 is 2.15 bits per heavy atom. The highest BCUT2D eigenvalue weighted by molar-refractivity contribution is 7.89. The number of nitrogens with zero attached hydrogens (tertiary/aromatic N) is 2. The summed E-state index contributed by atoms with van der Waals surface area (Å²) in [5.41, 5.74) is 0.575. The third-order valence-electron chi connectivity index (χ3n) is 4.63. The van der Waals surface area contributed by atoms with Crippen molar-refractivity contribution in [2.75, 3.05) is 25.4 Å². The Balaban J connectivity index is 1.59. The summed E-state index contributed by atoms with van der Waals surface area (Å²) in [4.78, 5) is 36.2. The van der Waals surface area contributed by atoms with Gasteiger partial charge in [0.25, 0.3) is 11.8 Å². The van der Waals surface area contributed by atoms with E-state index in [4.69, 9.17) is 5.11 Å².